The lowest BCUT2D eigenvalue weighted by molar-refractivity contribution is 0.504. The Bertz CT molecular complexity index is 505. The molecule has 1 rings (SSSR count). The second-order valence-corrected chi connectivity index (χ2v) is 5.99. The second kappa shape index (κ2) is 8.55. The van der Waals surface area contributed by atoms with Gasteiger partial charge >= 0.3 is 5.69 Å². The summed E-state index contributed by atoms with van der Waals surface area (Å²) in [6, 6.07) is 0. The van der Waals surface area contributed by atoms with E-state index in [2.05, 4.69) is 6.92 Å². The van der Waals surface area contributed by atoms with Gasteiger partial charge in [0.2, 0.25) is 0 Å². The van der Waals surface area contributed by atoms with Gasteiger partial charge in [0.1, 0.15) is 0 Å². The van der Waals surface area contributed by atoms with Crippen molar-refractivity contribution in [2.24, 2.45) is 0 Å². The molecule has 19 heavy (non-hydrogen) atoms. The summed E-state index contributed by atoms with van der Waals surface area (Å²) in [6.07, 6.45) is 8.15. The normalized spacial score (nSPS) is 10.9. The zero-order chi connectivity index (χ0) is 14.3. The maximum Gasteiger partial charge on any atom is 0.331 e. The SMILES string of the molecule is CCCCCCCn1c(=O)c(I)cn(CCC)c1=O. The highest BCUT2D eigenvalue weighted by molar-refractivity contribution is 14.1. The van der Waals surface area contributed by atoms with Crippen molar-refractivity contribution < 1.29 is 0 Å². The van der Waals surface area contributed by atoms with Gasteiger partial charge in [-0.25, -0.2) is 4.79 Å². The summed E-state index contributed by atoms with van der Waals surface area (Å²) < 4.78 is 3.66. The van der Waals surface area contributed by atoms with E-state index in [1.54, 1.807) is 10.8 Å². The number of rotatable bonds is 8. The van der Waals surface area contributed by atoms with Crippen LogP contribution in [0.2, 0.25) is 0 Å². The molecule has 0 saturated carbocycles. The predicted octanol–water partition coefficient (Wildman–Crippen LogP) is 3.00. The fraction of sp³-hybridized carbons (Fsp3) is 0.714. The fourth-order valence-corrected chi connectivity index (χ4v) is 2.72. The zero-order valence-corrected chi connectivity index (χ0v) is 14.0. The number of nitrogens with zero attached hydrogens (tertiary/aromatic N) is 2. The van der Waals surface area contributed by atoms with Crippen molar-refractivity contribution in [1.82, 2.24) is 9.13 Å². The first-order chi connectivity index (χ1) is 9.11. The molecular weight excluding hydrogens is 355 g/mol. The Morgan fingerprint density at radius 3 is 2.32 bits per heavy atom. The van der Waals surface area contributed by atoms with Crippen LogP contribution in [0.5, 0.6) is 0 Å². The number of hydrogen-bond donors (Lipinski definition) is 0. The van der Waals surface area contributed by atoms with Crippen LogP contribution in [0.15, 0.2) is 15.8 Å². The number of aromatic nitrogens is 2. The Morgan fingerprint density at radius 1 is 1.00 bits per heavy atom. The third kappa shape index (κ3) is 4.78. The first-order valence-electron chi connectivity index (χ1n) is 7.11. The largest absolute Gasteiger partial charge is 0.331 e. The maximum absolute atomic E-state index is 12.2. The molecule has 1 aromatic heterocycles. The molecule has 4 nitrogen and oxygen atoms in total. The van der Waals surface area contributed by atoms with Crippen molar-refractivity contribution >= 4 is 22.6 Å². The standard InChI is InChI=1S/C14H23IN2O2/c1-3-5-6-7-8-10-17-13(18)12(15)11-16(9-4-2)14(17)19/h11H,3-10H2,1-2H3. The van der Waals surface area contributed by atoms with Crippen LogP contribution >= 0.6 is 22.6 Å². The van der Waals surface area contributed by atoms with Gasteiger partial charge in [-0.3, -0.25) is 13.9 Å². The predicted molar refractivity (Wildman–Crippen MR) is 86.7 cm³/mol. The van der Waals surface area contributed by atoms with Crippen molar-refractivity contribution in [3.05, 3.63) is 30.6 Å². The molecule has 0 atom stereocenters. The molecule has 0 aliphatic heterocycles. The van der Waals surface area contributed by atoms with E-state index in [1.165, 1.54) is 23.8 Å². The van der Waals surface area contributed by atoms with Crippen LogP contribution in [0.3, 0.4) is 0 Å². The third-order valence-corrected chi connectivity index (χ3v) is 3.88. The lowest BCUT2D eigenvalue weighted by atomic mass is 10.1. The second-order valence-electron chi connectivity index (χ2n) is 4.82. The van der Waals surface area contributed by atoms with Crippen LogP contribution in [0.25, 0.3) is 0 Å². The molecule has 0 aliphatic rings. The molecule has 0 unspecified atom stereocenters. The summed E-state index contributed by atoms with van der Waals surface area (Å²) in [7, 11) is 0. The van der Waals surface area contributed by atoms with Crippen LogP contribution in [0, 0.1) is 3.57 Å². The van der Waals surface area contributed by atoms with E-state index < -0.39 is 0 Å². The molecule has 0 radical (unpaired) electrons. The maximum atomic E-state index is 12.2. The molecule has 5 heteroatoms. The average Bonchev–Trinajstić information content (AvgIpc) is 2.39. The third-order valence-electron chi connectivity index (χ3n) is 3.15. The summed E-state index contributed by atoms with van der Waals surface area (Å²) in [5.74, 6) is 0. The highest BCUT2D eigenvalue weighted by Crippen LogP contribution is 2.03. The number of hydrogen-bond acceptors (Lipinski definition) is 2. The Hall–Kier alpha value is -0.590. The number of halogens is 1. The van der Waals surface area contributed by atoms with Gasteiger partial charge in [0.25, 0.3) is 5.56 Å². The molecule has 0 aromatic carbocycles. The topological polar surface area (TPSA) is 44.0 Å². The van der Waals surface area contributed by atoms with Crippen molar-refractivity contribution in [2.45, 2.75) is 65.5 Å². The van der Waals surface area contributed by atoms with Gasteiger partial charge in [-0.05, 0) is 35.4 Å². The summed E-state index contributed by atoms with van der Waals surface area (Å²) in [5.41, 5.74) is -0.309. The molecule has 0 saturated heterocycles. The molecule has 1 aromatic rings. The summed E-state index contributed by atoms with van der Waals surface area (Å²) in [5, 5.41) is 0. The van der Waals surface area contributed by atoms with Gasteiger partial charge in [0.15, 0.2) is 0 Å². The molecule has 1 heterocycles. The first-order valence-corrected chi connectivity index (χ1v) is 8.19. The fourth-order valence-electron chi connectivity index (χ4n) is 2.09. The first kappa shape index (κ1) is 16.5. The minimum absolute atomic E-state index is 0.145. The summed E-state index contributed by atoms with van der Waals surface area (Å²) in [4.78, 5) is 24.2. The highest BCUT2D eigenvalue weighted by Gasteiger charge is 2.08. The van der Waals surface area contributed by atoms with Gasteiger partial charge in [0, 0.05) is 19.3 Å². The van der Waals surface area contributed by atoms with Crippen LogP contribution in [-0.2, 0) is 13.1 Å². The summed E-state index contributed by atoms with van der Waals surface area (Å²) >= 11 is 2.01. The van der Waals surface area contributed by atoms with E-state index in [4.69, 9.17) is 0 Å². The Labute approximate surface area is 128 Å². The van der Waals surface area contributed by atoms with E-state index in [-0.39, 0.29) is 11.2 Å². The lowest BCUT2D eigenvalue weighted by Crippen LogP contribution is -2.40. The number of aryl methyl sites for hydroxylation is 1. The van der Waals surface area contributed by atoms with Crippen LogP contribution in [0.4, 0.5) is 0 Å². The van der Waals surface area contributed by atoms with Crippen molar-refractivity contribution in [1.29, 1.82) is 0 Å². The van der Waals surface area contributed by atoms with Crippen LogP contribution in [-0.4, -0.2) is 9.13 Å². The van der Waals surface area contributed by atoms with Crippen LogP contribution < -0.4 is 11.2 Å². The quantitative estimate of drug-likeness (QED) is 0.516. The van der Waals surface area contributed by atoms with Gasteiger partial charge < -0.3 is 0 Å². The molecule has 0 amide bonds. The monoisotopic (exact) mass is 378 g/mol. The molecule has 0 N–H and O–H groups in total. The Morgan fingerprint density at radius 2 is 1.68 bits per heavy atom. The van der Waals surface area contributed by atoms with E-state index in [1.807, 2.05) is 29.5 Å². The van der Waals surface area contributed by atoms with Crippen molar-refractivity contribution in [3.63, 3.8) is 0 Å². The molecule has 0 spiro atoms. The molecule has 0 aliphatic carbocycles. The molecule has 108 valence electrons. The summed E-state index contributed by atoms with van der Waals surface area (Å²) in [6.45, 7) is 5.42. The van der Waals surface area contributed by atoms with Gasteiger partial charge in [-0.15, -0.1) is 0 Å². The van der Waals surface area contributed by atoms with Gasteiger partial charge in [-0.2, -0.15) is 0 Å². The minimum atomic E-state index is -0.164. The lowest BCUT2D eigenvalue weighted by Gasteiger charge is -2.10. The smallest absolute Gasteiger partial charge is 0.299 e. The molecule has 0 fully saturated rings. The number of unbranched alkanes of at least 4 members (excludes halogenated alkanes) is 4. The molecular formula is C14H23IN2O2. The van der Waals surface area contributed by atoms with E-state index in [0.29, 0.717) is 16.7 Å². The van der Waals surface area contributed by atoms with Crippen molar-refractivity contribution in [3.8, 4) is 0 Å². The van der Waals surface area contributed by atoms with Crippen LogP contribution in [0.1, 0.15) is 52.4 Å². The van der Waals surface area contributed by atoms with Gasteiger partial charge in [0.05, 0.1) is 3.57 Å². The minimum Gasteiger partial charge on any atom is -0.299 e. The van der Waals surface area contributed by atoms with E-state index >= 15 is 0 Å². The van der Waals surface area contributed by atoms with E-state index in [9.17, 15) is 9.59 Å². The Balaban J connectivity index is 2.81. The van der Waals surface area contributed by atoms with E-state index in [0.717, 1.165) is 19.3 Å². The average molecular weight is 378 g/mol. The van der Waals surface area contributed by atoms with Gasteiger partial charge in [-0.1, -0.05) is 39.5 Å². The van der Waals surface area contributed by atoms with Crippen molar-refractivity contribution in [2.75, 3.05) is 0 Å². The molecule has 0 bridgehead atoms. The highest BCUT2D eigenvalue weighted by atomic mass is 127. The Kier molecular flexibility index (Phi) is 7.41. The zero-order valence-electron chi connectivity index (χ0n) is 11.8.